The lowest BCUT2D eigenvalue weighted by atomic mass is 10.1. The van der Waals surface area contributed by atoms with Crippen LogP contribution < -0.4 is 4.90 Å². The molecule has 1 atom stereocenters. The van der Waals surface area contributed by atoms with Crippen LogP contribution in [0, 0.1) is 5.92 Å². The number of fused-ring (bicyclic) bond motifs is 1. The average molecular weight is 310 g/mol. The fourth-order valence-corrected chi connectivity index (χ4v) is 2.60. The van der Waals surface area contributed by atoms with Gasteiger partial charge in [0.1, 0.15) is 0 Å². The molecule has 1 heterocycles. The highest BCUT2D eigenvalue weighted by atomic mass is 79.9. The topological polar surface area (TPSA) is 20.3 Å². The molecule has 0 aliphatic carbocycles. The van der Waals surface area contributed by atoms with Crippen LogP contribution >= 0.6 is 15.9 Å². The van der Waals surface area contributed by atoms with Crippen LogP contribution in [0.1, 0.15) is 32.3 Å². The summed E-state index contributed by atoms with van der Waals surface area (Å²) in [5.74, 6) is 0.507. The molecule has 1 aromatic carbocycles. The van der Waals surface area contributed by atoms with Crippen LogP contribution in [0.25, 0.3) is 0 Å². The van der Waals surface area contributed by atoms with E-state index in [1.807, 2.05) is 11.0 Å². The summed E-state index contributed by atoms with van der Waals surface area (Å²) in [7, 11) is 0. The molecule has 1 aliphatic rings. The molecule has 0 saturated heterocycles. The van der Waals surface area contributed by atoms with Crippen LogP contribution in [0.2, 0.25) is 0 Å². The molecule has 0 N–H and O–H groups in total. The largest absolute Gasteiger partial charge is 0.311 e. The summed E-state index contributed by atoms with van der Waals surface area (Å²) in [6.07, 6.45) is 3.32. The van der Waals surface area contributed by atoms with Crippen molar-refractivity contribution in [1.82, 2.24) is 0 Å². The van der Waals surface area contributed by atoms with Gasteiger partial charge in [0.2, 0.25) is 5.91 Å². The van der Waals surface area contributed by atoms with Crippen molar-refractivity contribution in [3.63, 3.8) is 0 Å². The van der Waals surface area contributed by atoms with Gasteiger partial charge in [-0.2, -0.15) is 0 Å². The number of hydrogen-bond acceptors (Lipinski definition) is 1. The number of alkyl halides is 1. The van der Waals surface area contributed by atoms with Crippen LogP contribution in [0.5, 0.6) is 0 Å². The number of carbonyl (C=O) groups excluding carboxylic acids is 1. The number of nitrogens with zero attached hydrogens (tertiary/aromatic N) is 1. The van der Waals surface area contributed by atoms with Gasteiger partial charge in [-0.1, -0.05) is 48.0 Å². The van der Waals surface area contributed by atoms with E-state index in [9.17, 15) is 4.79 Å². The molecular formula is C15H20BrNO. The lowest BCUT2D eigenvalue weighted by molar-refractivity contribution is -0.118. The molecule has 18 heavy (non-hydrogen) atoms. The van der Waals surface area contributed by atoms with Crippen LogP contribution in [-0.2, 0) is 11.2 Å². The van der Waals surface area contributed by atoms with Gasteiger partial charge in [0, 0.05) is 12.2 Å². The smallest absolute Gasteiger partial charge is 0.241 e. The zero-order valence-corrected chi connectivity index (χ0v) is 12.6. The Labute approximate surface area is 117 Å². The zero-order chi connectivity index (χ0) is 13.1. The molecule has 0 fully saturated rings. The highest BCUT2D eigenvalue weighted by molar-refractivity contribution is 9.10. The maximum Gasteiger partial charge on any atom is 0.241 e. The number of amides is 1. The molecular weight excluding hydrogens is 290 g/mol. The molecule has 0 radical (unpaired) electrons. The van der Waals surface area contributed by atoms with Crippen LogP contribution in [0.4, 0.5) is 5.69 Å². The summed E-state index contributed by atoms with van der Waals surface area (Å²) in [4.78, 5) is 14.4. The Morgan fingerprint density at radius 3 is 2.72 bits per heavy atom. The third-order valence-electron chi connectivity index (χ3n) is 3.45. The highest BCUT2D eigenvalue weighted by Crippen LogP contribution is 2.28. The van der Waals surface area contributed by atoms with Gasteiger partial charge >= 0.3 is 0 Å². The second-order valence-electron chi connectivity index (χ2n) is 5.22. The third-order valence-corrected chi connectivity index (χ3v) is 4.90. The Balaban J connectivity index is 2.30. The second kappa shape index (κ2) is 5.87. The number of anilines is 1. The first-order chi connectivity index (χ1) is 8.61. The van der Waals surface area contributed by atoms with E-state index in [-0.39, 0.29) is 10.7 Å². The molecule has 1 aromatic rings. The zero-order valence-electron chi connectivity index (χ0n) is 11.0. The normalized spacial score (nSPS) is 17.2. The number of aryl methyl sites for hydroxylation is 1. The minimum absolute atomic E-state index is 0.0938. The number of benzene rings is 1. The van der Waals surface area contributed by atoms with Gasteiger partial charge in [0.05, 0.1) is 4.83 Å². The van der Waals surface area contributed by atoms with Crippen molar-refractivity contribution in [2.24, 2.45) is 5.92 Å². The van der Waals surface area contributed by atoms with E-state index in [1.165, 1.54) is 5.56 Å². The van der Waals surface area contributed by atoms with Crippen molar-refractivity contribution in [2.75, 3.05) is 11.4 Å². The number of halogens is 1. The molecule has 1 amide bonds. The third kappa shape index (κ3) is 2.77. The fraction of sp³-hybridized carbons (Fsp3) is 0.533. The van der Waals surface area contributed by atoms with E-state index >= 15 is 0 Å². The van der Waals surface area contributed by atoms with Crippen LogP contribution in [0.3, 0.4) is 0 Å². The average Bonchev–Trinajstić information content (AvgIpc) is 2.59. The Hall–Kier alpha value is -0.830. The Morgan fingerprint density at radius 2 is 2.00 bits per heavy atom. The monoisotopic (exact) mass is 309 g/mol. The lowest BCUT2D eigenvalue weighted by Gasteiger charge is -2.26. The van der Waals surface area contributed by atoms with Gasteiger partial charge in [-0.3, -0.25) is 4.79 Å². The molecule has 0 bridgehead atoms. The van der Waals surface area contributed by atoms with Crippen molar-refractivity contribution in [3.05, 3.63) is 29.8 Å². The van der Waals surface area contributed by atoms with Gasteiger partial charge in [-0.05, 0) is 36.8 Å². The summed E-state index contributed by atoms with van der Waals surface area (Å²) in [6, 6.07) is 8.28. The van der Waals surface area contributed by atoms with Crippen molar-refractivity contribution in [3.8, 4) is 0 Å². The first kappa shape index (κ1) is 13.6. The van der Waals surface area contributed by atoms with Crippen molar-refractivity contribution < 1.29 is 4.79 Å². The van der Waals surface area contributed by atoms with E-state index in [2.05, 4.69) is 48.0 Å². The molecule has 0 saturated carbocycles. The Bertz CT molecular complexity index is 430. The summed E-state index contributed by atoms with van der Waals surface area (Å²) in [6.45, 7) is 4.98. The predicted octanol–water partition coefficient (Wildman–Crippen LogP) is 3.78. The first-order valence-electron chi connectivity index (χ1n) is 6.64. The summed E-state index contributed by atoms with van der Waals surface area (Å²) < 4.78 is 0. The molecule has 3 heteroatoms. The molecule has 1 aliphatic heterocycles. The summed E-state index contributed by atoms with van der Waals surface area (Å²) in [5, 5.41) is 0. The SMILES string of the molecule is CC(C)C(Br)C(=O)N1CCCCc2ccccc21. The van der Waals surface area contributed by atoms with E-state index < -0.39 is 0 Å². The highest BCUT2D eigenvalue weighted by Gasteiger charge is 2.27. The van der Waals surface area contributed by atoms with Crippen molar-refractivity contribution >= 4 is 27.5 Å². The number of rotatable bonds is 2. The molecule has 2 rings (SSSR count). The molecule has 98 valence electrons. The number of hydrogen-bond donors (Lipinski definition) is 0. The van der Waals surface area contributed by atoms with E-state index in [4.69, 9.17) is 0 Å². The van der Waals surface area contributed by atoms with Gasteiger partial charge in [-0.15, -0.1) is 0 Å². The first-order valence-corrected chi connectivity index (χ1v) is 7.56. The lowest BCUT2D eigenvalue weighted by Crippen LogP contribution is -2.39. The van der Waals surface area contributed by atoms with Crippen molar-refractivity contribution in [1.29, 1.82) is 0 Å². The van der Waals surface area contributed by atoms with E-state index in [0.29, 0.717) is 5.92 Å². The van der Waals surface area contributed by atoms with Crippen LogP contribution in [0.15, 0.2) is 24.3 Å². The summed E-state index contributed by atoms with van der Waals surface area (Å²) >= 11 is 3.53. The van der Waals surface area contributed by atoms with Gasteiger partial charge < -0.3 is 4.90 Å². The molecule has 0 aromatic heterocycles. The Kier molecular flexibility index (Phi) is 4.44. The quantitative estimate of drug-likeness (QED) is 0.761. The second-order valence-corrected chi connectivity index (χ2v) is 6.21. The standard InChI is InChI=1S/C15H20BrNO/c1-11(2)14(16)15(18)17-10-6-5-8-12-7-3-4-9-13(12)17/h3-4,7,9,11,14H,5-6,8,10H2,1-2H3. The van der Waals surface area contributed by atoms with E-state index in [1.54, 1.807) is 0 Å². The number of carbonyl (C=O) groups is 1. The maximum absolute atomic E-state index is 12.5. The molecule has 0 spiro atoms. The molecule has 1 unspecified atom stereocenters. The fourth-order valence-electron chi connectivity index (χ4n) is 2.35. The minimum Gasteiger partial charge on any atom is -0.311 e. The van der Waals surface area contributed by atoms with Gasteiger partial charge in [0.25, 0.3) is 0 Å². The Morgan fingerprint density at radius 1 is 1.28 bits per heavy atom. The van der Waals surface area contributed by atoms with Crippen molar-refractivity contribution in [2.45, 2.75) is 37.9 Å². The van der Waals surface area contributed by atoms with Crippen LogP contribution in [-0.4, -0.2) is 17.3 Å². The van der Waals surface area contributed by atoms with Gasteiger partial charge in [-0.25, -0.2) is 0 Å². The van der Waals surface area contributed by atoms with Gasteiger partial charge in [0.15, 0.2) is 0 Å². The number of para-hydroxylation sites is 1. The van der Waals surface area contributed by atoms with E-state index in [0.717, 1.165) is 31.5 Å². The predicted molar refractivity (Wildman–Crippen MR) is 79.3 cm³/mol. The molecule has 2 nitrogen and oxygen atoms in total. The minimum atomic E-state index is -0.0938. The maximum atomic E-state index is 12.5. The summed E-state index contributed by atoms with van der Waals surface area (Å²) in [5.41, 5.74) is 2.40.